The number of nitrogens with one attached hydrogen (secondary N) is 5. The van der Waals surface area contributed by atoms with Crippen LogP contribution < -0.4 is 21.7 Å². The van der Waals surface area contributed by atoms with Crippen molar-refractivity contribution in [2.24, 2.45) is 11.7 Å². The van der Waals surface area contributed by atoms with Crippen molar-refractivity contribution >= 4 is 40.6 Å². The third kappa shape index (κ3) is 7.89. The zero-order valence-electron chi connectivity index (χ0n) is 22.0. The highest BCUT2D eigenvalue weighted by Crippen LogP contribution is 2.19. The molecule has 0 aliphatic carbocycles. The number of para-hydroxylation sites is 1. The van der Waals surface area contributed by atoms with E-state index in [4.69, 9.17) is 10.8 Å². The number of imidazole rings is 1. The van der Waals surface area contributed by atoms with Gasteiger partial charge >= 0.3 is 11.9 Å². The summed E-state index contributed by atoms with van der Waals surface area (Å²) in [6.45, 7) is 3.34. The maximum absolute atomic E-state index is 13.3. The minimum absolute atomic E-state index is 0.00379. The first kappa shape index (κ1) is 29.8. The van der Waals surface area contributed by atoms with Gasteiger partial charge in [-0.1, -0.05) is 32.0 Å². The molecule has 0 saturated heterocycles. The lowest BCUT2D eigenvalue weighted by atomic mass is 10.00. The van der Waals surface area contributed by atoms with Gasteiger partial charge in [-0.25, -0.2) is 9.78 Å². The van der Waals surface area contributed by atoms with E-state index < -0.39 is 66.2 Å². The molecule has 4 atom stereocenters. The van der Waals surface area contributed by atoms with Crippen LogP contribution in [0, 0.1) is 5.92 Å². The molecule has 14 heteroatoms. The van der Waals surface area contributed by atoms with Crippen LogP contribution in [-0.4, -0.2) is 79.0 Å². The van der Waals surface area contributed by atoms with Crippen molar-refractivity contribution in [3.05, 3.63) is 54.2 Å². The lowest BCUT2D eigenvalue weighted by Gasteiger charge is -2.27. The Labute approximate surface area is 229 Å². The summed E-state index contributed by atoms with van der Waals surface area (Å²) in [7, 11) is 0. The number of aromatic amines is 2. The summed E-state index contributed by atoms with van der Waals surface area (Å²) in [5.41, 5.74) is 7.66. The second-order valence-corrected chi connectivity index (χ2v) is 9.74. The molecule has 0 saturated carbocycles. The van der Waals surface area contributed by atoms with Gasteiger partial charge in [0.25, 0.3) is 0 Å². The number of nitrogens with zero attached hydrogens (tertiary/aromatic N) is 1. The topological polar surface area (TPSA) is 232 Å². The third-order valence-electron chi connectivity index (χ3n) is 6.30. The second-order valence-electron chi connectivity index (χ2n) is 9.74. The molecule has 40 heavy (non-hydrogen) atoms. The van der Waals surface area contributed by atoms with E-state index in [-0.39, 0.29) is 12.8 Å². The molecular formula is C26H33N7O7. The minimum atomic E-state index is -1.40. The van der Waals surface area contributed by atoms with E-state index in [1.54, 1.807) is 20.0 Å². The molecule has 2 aromatic heterocycles. The first-order valence-electron chi connectivity index (χ1n) is 12.6. The van der Waals surface area contributed by atoms with E-state index in [9.17, 15) is 29.1 Å². The Morgan fingerprint density at radius 1 is 0.925 bits per heavy atom. The van der Waals surface area contributed by atoms with Crippen LogP contribution in [0.1, 0.15) is 31.5 Å². The van der Waals surface area contributed by atoms with Gasteiger partial charge in [-0.3, -0.25) is 19.2 Å². The van der Waals surface area contributed by atoms with Crippen LogP contribution in [0.25, 0.3) is 10.9 Å². The number of carbonyl (C=O) groups excluding carboxylic acids is 3. The van der Waals surface area contributed by atoms with Gasteiger partial charge < -0.3 is 41.9 Å². The summed E-state index contributed by atoms with van der Waals surface area (Å²) in [5, 5.41) is 27.1. The van der Waals surface area contributed by atoms with Crippen LogP contribution in [0.4, 0.5) is 0 Å². The summed E-state index contributed by atoms with van der Waals surface area (Å²) >= 11 is 0. The van der Waals surface area contributed by atoms with Gasteiger partial charge in [0, 0.05) is 41.8 Å². The molecule has 9 N–H and O–H groups in total. The quantitative estimate of drug-likeness (QED) is 0.130. The number of fused-ring (bicyclic) bond motifs is 1. The molecule has 0 radical (unpaired) electrons. The van der Waals surface area contributed by atoms with Gasteiger partial charge in [-0.2, -0.15) is 0 Å². The largest absolute Gasteiger partial charge is 0.481 e. The molecule has 0 aliphatic rings. The fourth-order valence-corrected chi connectivity index (χ4v) is 4.16. The number of hydrogen-bond acceptors (Lipinski definition) is 7. The SMILES string of the molecule is CC(C)C(NC(=O)C(Cc1cnc[nH]1)NC(=O)C(N)CC(=O)O)C(=O)NC(Cc1c[nH]c2ccccc12)C(=O)O. The molecule has 214 valence electrons. The molecule has 3 amide bonds. The predicted octanol–water partition coefficient (Wildman–Crippen LogP) is -0.327. The molecule has 0 fully saturated rings. The lowest BCUT2D eigenvalue weighted by molar-refractivity contribution is -0.142. The highest BCUT2D eigenvalue weighted by atomic mass is 16.4. The fourth-order valence-electron chi connectivity index (χ4n) is 4.16. The zero-order valence-corrected chi connectivity index (χ0v) is 22.0. The first-order valence-corrected chi connectivity index (χ1v) is 12.6. The average Bonchev–Trinajstić information content (AvgIpc) is 3.55. The van der Waals surface area contributed by atoms with E-state index in [1.165, 1.54) is 12.5 Å². The second kappa shape index (κ2) is 13.4. The van der Waals surface area contributed by atoms with Crippen molar-refractivity contribution in [3.8, 4) is 0 Å². The van der Waals surface area contributed by atoms with Gasteiger partial charge in [0.1, 0.15) is 18.1 Å². The molecule has 0 aliphatic heterocycles. The Morgan fingerprint density at radius 2 is 1.62 bits per heavy atom. The smallest absolute Gasteiger partial charge is 0.326 e. The molecule has 14 nitrogen and oxygen atoms in total. The normalized spacial score (nSPS) is 14.2. The lowest BCUT2D eigenvalue weighted by Crippen LogP contribution is -2.59. The zero-order chi connectivity index (χ0) is 29.4. The van der Waals surface area contributed by atoms with Gasteiger partial charge in [-0.15, -0.1) is 0 Å². The number of aromatic nitrogens is 3. The Bertz CT molecular complexity index is 1350. The van der Waals surface area contributed by atoms with Gasteiger partial charge in [0.2, 0.25) is 17.7 Å². The van der Waals surface area contributed by atoms with Gasteiger partial charge in [0.05, 0.1) is 18.8 Å². The number of aliphatic carboxylic acids is 2. The highest BCUT2D eigenvalue weighted by molar-refractivity contribution is 5.95. The van der Waals surface area contributed by atoms with Gasteiger partial charge in [0.15, 0.2) is 0 Å². The van der Waals surface area contributed by atoms with Crippen LogP contribution in [0.3, 0.4) is 0 Å². The summed E-state index contributed by atoms with van der Waals surface area (Å²) in [5.74, 6) is -5.31. The van der Waals surface area contributed by atoms with Crippen LogP contribution in [0.15, 0.2) is 43.0 Å². The van der Waals surface area contributed by atoms with Crippen LogP contribution in [0.5, 0.6) is 0 Å². The number of carboxylic acid groups (broad SMARTS) is 2. The van der Waals surface area contributed by atoms with Crippen LogP contribution in [-0.2, 0) is 36.8 Å². The molecule has 0 spiro atoms. The van der Waals surface area contributed by atoms with Crippen molar-refractivity contribution in [1.82, 2.24) is 30.9 Å². The Morgan fingerprint density at radius 3 is 2.25 bits per heavy atom. The maximum Gasteiger partial charge on any atom is 0.326 e. The highest BCUT2D eigenvalue weighted by Gasteiger charge is 2.32. The number of H-pyrrole nitrogens is 2. The first-order chi connectivity index (χ1) is 19.0. The summed E-state index contributed by atoms with van der Waals surface area (Å²) in [4.78, 5) is 71.7. The van der Waals surface area contributed by atoms with E-state index in [0.717, 1.165) is 10.9 Å². The Kier molecular flexibility index (Phi) is 9.97. The molecule has 2 heterocycles. The number of hydrogen-bond donors (Lipinski definition) is 8. The summed E-state index contributed by atoms with van der Waals surface area (Å²) in [6.07, 6.45) is 3.82. The molecule has 3 aromatic rings. The Hall–Kier alpha value is -4.72. The number of carbonyl (C=O) groups is 5. The molecule has 4 unspecified atom stereocenters. The molecule has 3 rings (SSSR count). The fraction of sp³-hybridized carbons (Fsp3) is 0.385. The van der Waals surface area contributed by atoms with E-state index >= 15 is 0 Å². The number of amides is 3. The standard InChI is InChI=1S/C26H33N7O7/c1-13(2)22(25(38)32-20(26(39)40)7-14-10-29-18-6-4-3-5-16(14)18)33-24(37)19(8-15-11-28-12-30-15)31-23(36)17(27)9-21(34)35/h3-6,10-13,17,19-20,22,29H,7-9,27H2,1-2H3,(H,28,30)(H,31,36)(H,32,38)(H,33,37)(H,34,35)(H,39,40). The number of rotatable bonds is 14. The number of nitrogens with two attached hydrogens (primary N) is 1. The van der Waals surface area contributed by atoms with Crippen molar-refractivity contribution in [1.29, 1.82) is 0 Å². The van der Waals surface area contributed by atoms with Gasteiger partial charge in [-0.05, 0) is 17.5 Å². The van der Waals surface area contributed by atoms with Crippen molar-refractivity contribution in [2.45, 2.75) is 57.3 Å². The van der Waals surface area contributed by atoms with E-state index in [1.807, 2.05) is 24.3 Å². The number of benzene rings is 1. The monoisotopic (exact) mass is 555 g/mol. The number of carboxylic acids is 2. The minimum Gasteiger partial charge on any atom is -0.481 e. The maximum atomic E-state index is 13.3. The van der Waals surface area contributed by atoms with Crippen molar-refractivity contribution < 1.29 is 34.2 Å². The molecular weight excluding hydrogens is 522 g/mol. The van der Waals surface area contributed by atoms with Crippen LogP contribution in [0.2, 0.25) is 0 Å². The van der Waals surface area contributed by atoms with E-state index in [2.05, 4.69) is 30.9 Å². The molecule has 0 bridgehead atoms. The summed E-state index contributed by atoms with van der Waals surface area (Å²) < 4.78 is 0. The van der Waals surface area contributed by atoms with Crippen molar-refractivity contribution in [2.75, 3.05) is 0 Å². The van der Waals surface area contributed by atoms with Crippen LogP contribution >= 0.6 is 0 Å². The third-order valence-corrected chi connectivity index (χ3v) is 6.30. The Balaban J connectivity index is 1.74. The molecule has 1 aromatic carbocycles. The average molecular weight is 556 g/mol. The summed E-state index contributed by atoms with van der Waals surface area (Å²) in [6, 6.07) is 2.30. The van der Waals surface area contributed by atoms with Crippen molar-refractivity contribution in [3.63, 3.8) is 0 Å². The predicted molar refractivity (Wildman–Crippen MR) is 143 cm³/mol. The van der Waals surface area contributed by atoms with E-state index in [0.29, 0.717) is 11.3 Å².